The molecule has 0 saturated carbocycles. The van der Waals surface area contributed by atoms with E-state index in [0.29, 0.717) is 5.92 Å². The fourth-order valence-electron chi connectivity index (χ4n) is 1.32. The molecule has 0 amide bonds. The molecule has 0 bridgehead atoms. The first-order valence-electron chi connectivity index (χ1n) is 4.26. The second-order valence-corrected chi connectivity index (χ2v) is 3.34. The van der Waals surface area contributed by atoms with Crippen molar-refractivity contribution in [2.24, 2.45) is 5.92 Å². The van der Waals surface area contributed by atoms with E-state index in [9.17, 15) is 0 Å². The molecule has 0 heteroatoms. The lowest BCUT2D eigenvalue weighted by Gasteiger charge is -2.14. The Hall–Kier alpha value is -0.780. The van der Waals surface area contributed by atoms with Gasteiger partial charge in [-0.3, -0.25) is 0 Å². The first kappa shape index (κ1) is 8.32. The Bertz CT molecular complexity index is 204. The Morgan fingerprint density at radius 2 is 2.09 bits per heavy atom. The van der Waals surface area contributed by atoms with E-state index in [1.54, 1.807) is 5.57 Å². The standard InChI is InChI=1S/C11H16/c1-4-10-5-7-11(8-6-10)9(2)3/h4-5,7,9H,1,6,8H2,2-3H3. The van der Waals surface area contributed by atoms with Gasteiger partial charge in [0.05, 0.1) is 0 Å². The van der Waals surface area contributed by atoms with Crippen molar-refractivity contribution in [2.75, 3.05) is 0 Å². The van der Waals surface area contributed by atoms with Crippen molar-refractivity contribution in [3.63, 3.8) is 0 Å². The van der Waals surface area contributed by atoms with Gasteiger partial charge in [-0.2, -0.15) is 0 Å². The van der Waals surface area contributed by atoms with Crippen LogP contribution in [0.25, 0.3) is 0 Å². The highest BCUT2D eigenvalue weighted by Crippen LogP contribution is 2.23. The quantitative estimate of drug-likeness (QED) is 0.562. The van der Waals surface area contributed by atoms with Crippen molar-refractivity contribution in [3.05, 3.63) is 36.0 Å². The monoisotopic (exact) mass is 148 g/mol. The summed E-state index contributed by atoms with van der Waals surface area (Å²) in [6.07, 6.45) is 8.77. The second kappa shape index (κ2) is 3.56. The fraction of sp³-hybridized carbons (Fsp3) is 0.455. The first-order chi connectivity index (χ1) is 5.24. The van der Waals surface area contributed by atoms with Crippen LogP contribution in [0, 0.1) is 5.92 Å². The molecule has 0 aliphatic heterocycles. The molecule has 60 valence electrons. The molecule has 0 atom stereocenters. The van der Waals surface area contributed by atoms with Gasteiger partial charge in [0.2, 0.25) is 0 Å². The van der Waals surface area contributed by atoms with Gasteiger partial charge in [-0.25, -0.2) is 0 Å². The van der Waals surface area contributed by atoms with Crippen LogP contribution in [-0.4, -0.2) is 0 Å². The molecular formula is C11H16. The van der Waals surface area contributed by atoms with E-state index in [0.717, 1.165) is 0 Å². The summed E-state index contributed by atoms with van der Waals surface area (Å²) in [5, 5.41) is 0. The summed E-state index contributed by atoms with van der Waals surface area (Å²) < 4.78 is 0. The number of rotatable bonds is 2. The van der Waals surface area contributed by atoms with Crippen LogP contribution in [0.4, 0.5) is 0 Å². The van der Waals surface area contributed by atoms with E-state index in [4.69, 9.17) is 0 Å². The molecule has 0 fully saturated rings. The van der Waals surface area contributed by atoms with Crippen molar-refractivity contribution in [1.82, 2.24) is 0 Å². The summed E-state index contributed by atoms with van der Waals surface area (Å²) in [4.78, 5) is 0. The lowest BCUT2D eigenvalue weighted by atomic mass is 9.91. The Labute approximate surface area is 69.3 Å². The van der Waals surface area contributed by atoms with Crippen LogP contribution in [0.3, 0.4) is 0 Å². The predicted octanol–water partition coefficient (Wildman–Crippen LogP) is 3.48. The average Bonchev–Trinajstić information content (AvgIpc) is 2.05. The smallest absolute Gasteiger partial charge is 0.0241 e. The molecule has 0 N–H and O–H groups in total. The predicted molar refractivity (Wildman–Crippen MR) is 50.4 cm³/mol. The second-order valence-electron chi connectivity index (χ2n) is 3.34. The van der Waals surface area contributed by atoms with Gasteiger partial charge in [-0.1, -0.05) is 44.2 Å². The summed E-state index contributed by atoms with van der Waals surface area (Å²) >= 11 is 0. The molecule has 0 aromatic heterocycles. The summed E-state index contributed by atoms with van der Waals surface area (Å²) in [5.74, 6) is 0.706. The zero-order valence-corrected chi connectivity index (χ0v) is 7.43. The number of hydrogen-bond acceptors (Lipinski definition) is 0. The molecule has 0 nitrogen and oxygen atoms in total. The number of allylic oxidation sites excluding steroid dienone is 5. The van der Waals surface area contributed by atoms with Crippen molar-refractivity contribution in [3.8, 4) is 0 Å². The highest BCUT2D eigenvalue weighted by atomic mass is 14.1. The molecule has 0 radical (unpaired) electrons. The third-order valence-corrected chi connectivity index (χ3v) is 2.22. The van der Waals surface area contributed by atoms with E-state index < -0.39 is 0 Å². The highest BCUT2D eigenvalue weighted by Gasteiger charge is 2.06. The highest BCUT2D eigenvalue weighted by molar-refractivity contribution is 5.30. The fourth-order valence-corrected chi connectivity index (χ4v) is 1.32. The maximum atomic E-state index is 3.76. The van der Waals surface area contributed by atoms with Gasteiger partial charge in [0.25, 0.3) is 0 Å². The van der Waals surface area contributed by atoms with E-state index in [2.05, 4.69) is 32.6 Å². The first-order valence-corrected chi connectivity index (χ1v) is 4.26. The van der Waals surface area contributed by atoms with Crippen molar-refractivity contribution >= 4 is 0 Å². The van der Waals surface area contributed by atoms with Gasteiger partial charge in [0.1, 0.15) is 0 Å². The van der Waals surface area contributed by atoms with E-state index in [-0.39, 0.29) is 0 Å². The molecule has 1 aliphatic carbocycles. The van der Waals surface area contributed by atoms with E-state index >= 15 is 0 Å². The summed E-state index contributed by atoms with van der Waals surface area (Å²) in [6.45, 7) is 8.25. The third kappa shape index (κ3) is 2.07. The lowest BCUT2D eigenvalue weighted by molar-refractivity contribution is 0.704. The van der Waals surface area contributed by atoms with E-state index in [1.165, 1.54) is 18.4 Å². The van der Waals surface area contributed by atoms with Crippen molar-refractivity contribution < 1.29 is 0 Å². The van der Waals surface area contributed by atoms with Crippen LogP contribution in [0.5, 0.6) is 0 Å². The topological polar surface area (TPSA) is 0 Å². The SMILES string of the molecule is C=CC1=CC=C(C(C)C)CC1. The maximum absolute atomic E-state index is 3.76. The molecule has 0 aromatic carbocycles. The van der Waals surface area contributed by atoms with Crippen LogP contribution in [0.15, 0.2) is 36.0 Å². The summed E-state index contributed by atoms with van der Waals surface area (Å²) in [7, 11) is 0. The van der Waals surface area contributed by atoms with Crippen LogP contribution >= 0.6 is 0 Å². The van der Waals surface area contributed by atoms with Gasteiger partial charge in [-0.05, 0) is 24.3 Å². The summed E-state index contributed by atoms with van der Waals surface area (Å²) in [5.41, 5.74) is 2.94. The summed E-state index contributed by atoms with van der Waals surface area (Å²) in [6, 6.07) is 0. The Balaban J connectivity index is 2.69. The minimum atomic E-state index is 0.706. The van der Waals surface area contributed by atoms with Gasteiger partial charge in [0.15, 0.2) is 0 Å². The molecule has 0 spiro atoms. The zero-order valence-electron chi connectivity index (χ0n) is 7.43. The largest absolute Gasteiger partial charge is 0.0988 e. The molecule has 0 saturated heterocycles. The Morgan fingerprint density at radius 3 is 2.45 bits per heavy atom. The molecule has 0 heterocycles. The molecule has 0 aromatic rings. The normalized spacial score (nSPS) is 17.7. The Kier molecular flexibility index (Phi) is 2.70. The minimum Gasteiger partial charge on any atom is -0.0988 e. The average molecular weight is 148 g/mol. The third-order valence-electron chi connectivity index (χ3n) is 2.22. The number of hydrogen-bond donors (Lipinski definition) is 0. The van der Waals surface area contributed by atoms with Gasteiger partial charge in [0, 0.05) is 0 Å². The van der Waals surface area contributed by atoms with Crippen LogP contribution in [-0.2, 0) is 0 Å². The molecule has 0 unspecified atom stereocenters. The minimum absolute atomic E-state index is 0.706. The van der Waals surface area contributed by atoms with Crippen LogP contribution in [0.2, 0.25) is 0 Å². The van der Waals surface area contributed by atoms with Crippen molar-refractivity contribution in [2.45, 2.75) is 26.7 Å². The molecule has 11 heavy (non-hydrogen) atoms. The van der Waals surface area contributed by atoms with Crippen LogP contribution < -0.4 is 0 Å². The molecule has 1 rings (SSSR count). The van der Waals surface area contributed by atoms with Gasteiger partial charge in [-0.15, -0.1) is 0 Å². The van der Waals surface area contributed by atoms with Gasteiger partial charge < -0.3 is 0 Å². The zero-order chi connectivity index (χ0) is 8.27. The van der Waals surface area contributed by atoms with Crippen LogP contribution in [0.1, 0.15) is 26.7 Å². The molecule has 1 aliphatic rings. The van der Waals surface area contributed by atoms with Gasteiger partial charge >= 0.3 is 0 Å². The van der Waals surface area contributed by atoms with E-state index in [1.807, 2.05) is 6.08 Å². The Morgan fingerprint density at radius 1 is 1.36 bits per heavy atom. The van der Waals surface area contributed by atoms with Crippen molar-refractivity contribution in [1.29, 1.82) is 0 Å². The molecular weight excluding hydrogens is 132 g/mol. The lowest BCUT2D eigenvalue weighted by Crippen LogP contribution is -1.98. The maximum Gasteiger partial charge on any atom is -0.0241 e.